The number of amides is 1. The molecule has 2 N–H and O–H groups in total. The molecule has 0 fully saturated rings. The molecule has 2 rings (SSSR count). The van der Waals surface area contributed by atoms with Gasteiger partial charge in [0, 0.05) is 13.0 Å². The highest BCUT2D eigenvalue weighted by Crippen LogP contribution is 2.28. The minimum atomic E-state index is -0.0271. The van der Waals surface area contributed by atoms with Crippen molar-refractivity contribution in [2.45, 2.75) is 19.3 Å². The molecule has 0 aliphatic heterocycles. The number of aromatic hydroxyl groups is 1. The third-order valence-electron chi connectivity index (χ3n) is 4.07. The van der Waals surface area contributed by atoms with Gasteiger partial charge in [0.05, 0.1) is 21.3 Å². The van der Waals surface area contributed by atoms with Crippen LogP contribution in [0.15, 0.2) is 36.4 Å². The molecule has 6 heteroatoms. The van der Waals surface area contributed by atoms with Crippen LogP contribution in [0, 0.1) is 0 Å². The third kappa shape index (κ3) is 5.31. The number of carbonyl (C=O) groups excluding carboxylic acids is 1. The smallest absolute Gasteiger partial charge is 0.220 e. The zero-order valence-electron chi connectivity index (χ0n) is 15.4. The van der Waals surface area contributed by atoms with Crippen molar-refractivity contribution in [1.29, 1.82) is 0 Å². The molecule has 0 aliphatic carbocycles. The van der Waals surface area contributed by atoms with Crippen LogP contribution in [0.25, 0.3) is 0 Å². The van der Waals surface area contributed by atoms with E-state index in [0.29, 0.717) is 43.1 Å². The van der Waals surface area contributed by atoms with E-state index in [2.05, 4.69) is 5.32 Å². The van der Waals surface area contributed by atoms with Crippen molar-refractivity contribution in [3.8, 4) is 23.0 Å². The fourth-order valence-electron chi connectivity index (χ4n) is 2.62. The Morgan fingerprint density at radius 3 is 2.12 bits per heavy atom. The molecule has 140 valence electrons. The van der Waals surface area contributed by atoms with Crippen molar-refractivity contribution in [3.63, 3.8) is 0 Å². The topological polar surface area (TPSA) is 77.0 Å². The first-order valence-electron chi connectivity index (χ1n) is 8.41. The highest BCUT2D eigenvalue weighted by molar-refractivity contribution is 5.76. The standard InChI is InChI=1S/C20H25NO5/c1-24-17-7-4-14(12-16(17)22)6-9-20(23)21-11-10-15-5-8-18(25-2)19(13-15)26-3/h4-5,7-8,12-13,22H,6,9-11H2,1-3H3,(H,21,23). The Labute approximate surface area is 153 Å². The molecular weight excluding hydrogens is 334 g/mol. The predicted octanol–water partition coefficient (Wildman–Crippen LogP) is 2.71. The number of methoxy groups -OCH3 is 3. The number of nitrogens with one attached hydrogen (secondary N) is 1. The fourth-order valence-corrected chi connectivity index (χ4v) is 2.62. The monoisotopic (exact) mass is 359 g/mol. The lowest BCUT2D eigenvalue weighted by molar-refractivity contribution is -0.121. The van der Waals surface area contributed by atoms with Gasteiger partial charge in [-0.25, -0.2) is 0 Å². The number of rotatable bonds is 9. The van der Waals surface area contributed by atoms with Gasteiger partial charge in [0.15, 0.2) is 23.0 Å². The first kappa shape index (κ1) is 19.4. The van der Waals surface area contributed by atoms with Gasteiger partial charge in [-0.05, 0) is 48.2 Å². The Hall–Kier alpha value is -2.89. The molecular formula is C20H25NO5. The summed E-state index contributed by atoms with van der Waals surface area (Å²) in [5, 5.41) is 12.7. The molecule has 26 heavy (non-hydrogen) atoms. The summed E-state index contributed by atoms with van der Waals surface area (Å²) >= 11 is 0. The summed E-state index contributed by atoms with van der Waals surface area (Å²) in [5.41, 5.74) is 1.95. The van der Waals surface area contributed by atoms with Crippen molar-refractivity contribution < 1.29 is 24.1 Å². The highest BCUT2D eigenvalue weighted by atomic mass is 16.5. The lowest BCUT2D eigenvalue weighted by atomic mass is 10.1. The number of phenolic OH excluding ortho intramolecular Hbond substituents is 1. The maximum absolute atomic E-state index is 12.0. The number of hydrogen-bond donors (Lipinski definition) is 2. The van der Waals surface area contributed by atoms with Gasteiger partial charge < -0.3 is 24.6 Å². The van der Waals surface area contributed by atoms with Crippen LogP contribution >= 0.6 is 0 Å². The Kier molecular flexibility index (Phi) is 7.14. The number of ether oxygens (including phenoxy) is 3. The summed E-state index contributed by atoms with van der Waals surface area (Å²) in [6.45, 7) is 0.544. The van der Waals surface area contributed by atoms with Crippen LogP contribution in [0.2, 0.25) is 0 Å². The van der Waals surface area contributed by atoms with Gasteiger partial charge in [-0.15, -0.1) is 0 Å². The third-order valence-corrected chi connectivity index (χ3v) is 4.07. The molecule has 0 aromatic heterocycles. The van der Waals surface area contributed by atoms with Crippen LogP contribution in [0.1, 0.15) is 17.5 Å². The maximum Gasteiger partial charge on any atom is 0.220 e. The molecule has 0 saturated carbocycles. The fraction of sp³-hybridized carbons (Fsp3) is 0.350. The molecule has 1 amide bonds. The molecule has 0 heterocycles. The molecule has 0 unspecified atom stereocenters. The minimum Gasteiger partial charge on any atom is -0.504 e. The number of aryl methyl sites for hydroxylation is 1. The van der Waals surface area contributed by atoms with Gasteiger partial charge in [0.25, 0.3) is 0 Å². The summed E-state index contributed by atoms with van der Waals surface area (Å²) in [4.78, 5) is 12.0. The summed E-state index contributed by atoms with van der Waals surface area (Å²) in [6.07, 6.45) is 1.62. The van der Waals surface area contributed by atoms with Gasteiger partial charge >= 0.3 is 0 Å². The SMILES string of the molecule is COc1ccc(CCC(=O)NCCc2ccc(OC)c(OC)c2)cc1O. The van der Waals surface area contributed by atoms with Gasteiger partial charge in [-0.3, -0.25) is 4.79 Å². The zero-order chi connectivity index (χ0) is 18.9. The Morgan fingerprint density at radius 2 is 1.50 bits per heavy atom. The average molecular weight is 359 g/mol. The van der Waals surface area contributed by atoms with Crippen molar-refractivity contribution in [3.05, 3.63) is 47.5 Å². The van der Waals surface area contributed by atoms with E-state index in [1.807, 2.05) is 24.3 Å². The molecule has 2 aromatic rings. The largest absolute Gasteiger partial charge is 0.504 e. The number of carbonyl (C=O) groups is 1. The quantitative estimate of drug-likeness (QED) is 0.720. The van der Waals surface area contributed by atoms with Crippen LogP contribution in [-0.4, -0.2) is 38.9 Å². The lowest BCUT2D eigenvalue weighted by Crippen LogP contribution is -2.25. The Bertz CT molecular complexity index is 745. The average Bonchev–Trinajstić information content (AvgIpc) is 2.66. The van der Waals surface area contributed by atoms with E-state index in [1.165, 1.54) is 7.11 Å². The van der Waals surface area contributed by atoms with Gasteiger partial charge in [0.2, 0.25) is 5.91 Å². The lowest BCUT2D eigenvalue weighted by Gasteiger charge is -2.10. The maximum atomic E-state index is 12.0. The van der Waals surface area contributed by atoms with E-state index in [0.717, 1.165) is 11.1 Å². The summed E-state index contributed by atoms with van der Waals surface area (Å²) < 4.78 is 15.5. The summed E-state index contributed by atoms with van der Waals surface area (Å²) in [5.74, 6) is 1.84. The van der Waals surface area contributed by atoms with Crippen LogP contribution in [0.3, 0.4) is 0 Å². The van der Waals surface area contributed by atoms with Crippen LogP contribution in [0.4, 0.5) is 0 Å². The molecule has 0 bridgehead atoms. The zero-order valence-corrected chi connectivity index (χ0v) is 15.4. The van der Waals surface area contributed by atoms with Crippen molar-refractivity contribution in [2.24, 2.45) is 0 Å². The van der Waals surface area contributed by atoms with Crippen molar-refractivity contribution in [2.75, 3.05) is 27.9 Å². The van der Waals surface area contributed by atoms with Crippen LogP contribution in [-0.2, 0) is 17.6 Å². The first-order valence-corrected chi connectivity index (χ1v) is 8.41. The number of phenols is 1. The predicted molar refractivity (Wildman–Crippen MR) is 99.2 cm³/mol. The van der Waals surface area contributed by atoms with Gasteiger partial charge in [-0.1, -0.05) is 12.1 Å². The Balaban J connectivity index is 1.78. The first-order chi connectivity index (χ1) is 12.6. The minimum absolute atomic E-state index is 0.0271. The molecule has 6 nitrogen and oxygen atoms in total. The van der Waals surface area contributed by atoms with Crippen LogP contribution in [0.5, 0.6) is 23.0 Å². The molecule has 0 aliphatic rings. The number of hydrogen-bond acceptors (Lipinski definition) is 5. The molecule has 0 saturated heterocycles. The summed E-state index contributed by atoms with van der Waals surface area (Å²) in [6, 6.07) is 10.9. The van der Waals surface area contributed by atoms with Gasteiger partial charge in [-0.2, -0.15) is 0 Å². The molecule has 0 atom stereocenters. The van der Waals surface area contributed by atoms with Crippen molar-refractivity contribution >= 4 is 5.91 Å². The van der Waals surface area contributed by atoms with E-state index >= 15 is 0 Å². The van der Waals surface area contributed by atoms with E-state index in [-0.39, 0.29) is 11.7 Å². The normalized spacial score (nSPS) is 10.3. The second kappa shape index (κ2) is 9.56. The second-order valence-corrected chi connectivity index (χ2v) is 5.80. The second-order valence-electron chi connectivity index (χ2n) is 5.80. The van der Waals surface area contributed by atoms with Gasteiger partial charge in [0.1, 0.15) is 0 Å². The van der Waals surface area contributed by atoms with Crippen molar-refractivity contribution in [1.82, 2.24) is 5.32 Å². The molecule has 2 aromatic carbocycles. The van der Waals surface area contributed by atoms with Crippen LogP contribution < -0.4 is 19.5 Å². The number of benzene rings is 2. The Morgan fingerprint density at radius 1 is 0.885 bits per heavy atom. The highest BCUT2D eigenvalue weighted by Gasteiger charge is 2.07. The van der Waals surface area contributed by atoms with E-state index in [4.69, 9.17) is 14.2 Å². The summed E-state index contributed by atoms with van der Waals surface area (Å²) in [7, 11) is 4.70. The van der Waals surface area contributed by atoms with E-state index in [1.54, 1.807) is 26.4 Å². The van der Waals surface area contributed by atoms with E-state index < -0.39 is 0 Å². The van der Waals surface area contributed by atoms with E-state index in [9.17, 15) is 9.90 Å². The molecule has 0 radical (unpaired) electrons. The molecule has 0 spiro atoms.